The molecule has 0 fully saturated rings. The molecule has 0 aromatic carbocycles. The van der Waals surface area contributed by atoms with E-state index in [0.29, 0.717) is 0 Å². The fraction of sp³-hybridized carbons (Fsp3) is 0.750. The van der Waals surface area contributed by atoms with Crippen LogP contribution >= 0.6 is 0 Å². The van der Waals surface area contributed by atoms with Gasteiger partial charge in [0.05, 0.1) is 0 Å². The predicted molar refractivity (Wildman–Crippen MR) is 109 cm³/mol. The van der Waals surface area contributed by atoms with Crippen LogP contribution in [0.1, 0.15) is 52.4 Å². The monoisotopic (exact) mass is 383 g/mol. The van der Waals surface area contributed by atoms with E-state index in [1.165, 1.54) is 31.4 Å². The third kappa shape index (κ3) is 7.74. The maximum absolute atomic E-state index is 5.48. The molecule has 0 aliphatic rings. The van der Waals surface area contributed by atoms with Gasteiger partial charge in [0.25, 0.3) is 0 Å². The van der Waals surface area contributed by atoms with E-state index >= 15 is 0 Å². The highest BCUT2D eigenvalue weighted by atomic mass is 28.4. The van der Waals surface area contributed by atoms with Crippen LogP contribution in [0, 0.1) is 0 Å². The number of nitrogens with zero attached hydrogens (tertiary/aromatic N) is 2. The predicted octanol–water partition coefficient (Wildman–Crippen LogP) is 4.04. The van der Waals surface area contributed by atoms with Crippen molar-refractivity contribution in [2.75, 3.05) is 39.3 Å². The van der Waals surface area contributed by atoms with Crippen molar-refractivity contribution in [3.05, 3.63) is 24.5 Å². The molecule has 1 rings (SSSR count). The molecular formula is C20H39N2O3Si+. The number of aromatic nitrogens is 1. The molecule has 0 aliphatic carbocycles. The number of hydrogen-bond donors (Lipinski definition) is 0. The Balaban J connectivity index is 2.50. The molecule has 150 valence electrons. The Morgan fingerprint density at radius 2 is 1.38 bits per heavy atom. The van der Waals surface area contributed by atoms with Gasteiger partial charge in [-0.2, -0.15) is 0 Å². The summed E-state index contributed by atoms with van der Waals surface area (Å²) < 4.78 is 18.7. The van der Waals surface area contributed by atoms with Crippen molar-refractivity contribution in [1.29, 1.82) is 0 Å². The Kier molecular flexibility index (Phi) is 11.8. The molecule has 26 heavy (non-hydrogen) atoms. The minimum absolute atomic E-state index is 0.858. The molecule has 0 radical (unpaired) electrons. The molecule has 0 atom stereocenters. The summed E-state index contributed by atoms with van der Waals surface area (Å²) in [6.07, 6.45) is 11.5. The first-order valence-electron chi connectivity index (χ1n) is 10.0. The Bertz CT molecular complexity index is 450. The zero-order chi connectivity index (χ0) is 19.3. The van der Waals surface area contributed by atoms with Gasteiger partial charge >= 0.3 is 8.80 Å². The van der Waals surface area contributed by atoms with Gasteiger partial charge in [-0.15, -0.1) is 0 Å². The summed E-state index contributed by atoms with van der Waals surface area (Å²) in [6, 6.07) is 5.37. The lowest BCUT2D eigenvalue weighted by Crippen LogP contribution is -2.42. The van der Waals surface area contributed by atoms with Gasteiger partial charge in [-0.05, 0) is 19.3 Å². The standard InChI is InChI=1S/C20H39N2O3Si/c1-6-8-15-22(16-9-7-2)20-12-17-21(18-13-20)14-10-11-19-26(23-3,24-4)25-5/h12-13,17-18H,6-11,14-16,19H2,1-5H3/q+1. The summed E-state index contributed by atoms with van der Waals surface area (Å²) in [5.41, 5.74) is 1.34. The fourth-order valence-corrected chi connectivity index (χ4v) is 4.86. The maximum atomic E-state index is 5.48. The molecule has 0 N–H and O–H groups in total. The third-order valence-corrected chi connectivity index (χ3v) is 7.72. The highest BCUT2D eigenvalue weighted by Gasteiger charge is 2.36. The first-order valence-corrected chi connectivity index (χ1v) is 12.0. The molecule has 0 amide bonds. The Morgan fingerprint density at radius 3 is 1.85 bits per heavy atom. The van der Waals surface area contributed by atoms with Crippen LogP contribution in [0.4, 0.5) is 5.69 Å². The summed E-state index contributed by atoms with van der Waals surface area (Å²) in [6.45, 7) is 7.82. The van der Waals surface area contributed by atoms with E-state index in [1.807, 2.05) is 0 Å². The molecular weight excluding hydrogens is 344 g/mol. The Morgan fingerprint density at radius 1 is 0.846 bits per heavy atom. The summed E-state index contributed by atoms with van der Waals surface area (Å²) >= 11 is 0. The smallest absolute Gasteiger partial charge is 0.377 e. The Labute approximate surface area is 161 Å². The van der Waals surface area contributed by atoms with Crippen molar-refractivity contribution >= 4 is 14.5 Å². The molecule has 0 spiro atoms. The van der Waals surface area contributed by atoms with Gasteiger partial charge in [-0.25, -0.2) is 4.57 Å². The molecule has 1 heterocycles. The van der Waals surface area contributed by atoms with Gasteiger partial charge in [0.1, 0.15) is 6.54 Å². The van der Waals surface area contributed by atoms with Crippen LogP contribution < -0.4 is 9.47 Å². The minimum Gasteiger partial charge on any atom is -0.377 e. The van der Waals surface area contributed by atoms with Gasteiger partial charge in [-0.3, -0.25) is 0 Å². The Hall–Kier alpha value is -0.953. The molecule has 0 unspecified atom stereocenters. The van der Waals surface area contributed by atoms with Crippen molar-refractivity contribution in [2.45, 2.75) is 65.0 Å². The van der Waals surface area contributed by atoms with Crippen LogP contribution in [-0.4, -0.2) is 43.2 Å². The molecule has 0 saturated heterocycles. The zero-order valence-electron chi connectivity index (χ0n) is 17.5. The molecule has 1 aromatic heterocycles. The second kappa shape index (κ2) is 13.3. The van der Waals surface area contributed by atoms with E-state index < -0.39 is 8.80 Å². The quantitative estimate of drug-likeness (QED) is 0.260. The highest BCUT2D eigenvalue weighted by molar-refractivity contribution is 6.60. The van der Waals surface area contributed by atoms with Crippen molar-refractivity contribution in [3.63, 3.8) is 0 Å². The normalized spacial score (nSPS) is 11.7. The largest absolute Gasteiger partial charge is 0.500 e. The third-order valence-electron chi connectivity index (χ3n) is 4.88. The van der Waals surface area contributed by atoms with E-state index in [1.54, 1.807) is 21.3 Å². The van der Waals surface area contributed by atoms with E-state index in [-0.39, 0.29) is 0 Å². The molecule has 0 bridgehead atoms. The van der Waals surface area contributed by atoms with E-state index in [9.17, 15) is 0 Å². The first kappa shape index (κ1) is 23.1. The summed E-state index contributed by atoms with van der Waals surface area (Å²) in [7, 11) is 2.61. The van der Waals surface area contributed by atoms with E-state index in [4.69, 9.17) is 13.3 Å². The van der Waals surface area contributed by atoms with Crippen molar-refractivity contribution < 1.29 is 17.8 Å². The average molecular weight is 384 g/mol. The van der Waals surface area contributed by atoms with Gasteiger partial charge in [0.2, 0.25) is 0 Å². The molecule has 1 aromatic rings. The first-order chi connectivity index (χ1) is 12.6. The van der Waals surface area contributed by atoms with Crippen molar-refractivity contribution in [3.8, 4) is 0 Å². The lowest BCUT2D eigenvalue weighted by atomic mass is 10.2. The van der Waals surface area contributed by atoms with Crippen LogP contribution in [0.3, 0.4) is 0 Å². The molecule has 0 saturated carbocycles. The zero-order valence-corrected chi connectivity index (χ0v) is 18.5. The maximum Gasteiger partial charge on any atom is 0.500 e. The van der Waals surface area contributed by atoms with Crippen LogP contribution in [-0.2, 0) is 19.8 Å². The average Bonchev–Trinajstić information content (AvgIpc) is 2.69. The number of hydrogen-bond acceptors (Lipinski definition) is 4. The van der Waals surface area contributed by atoms with Gasteiger partial charge in [-0.1, -0.05) is 26.7 Å². The minimum atomic E-state index is -2.42. The van der Waals surface area contributed by atoms with Crippen molar-refractivity contribution in [2.24, 2.45) is 0 Å². The molecule has 6 heteroatoms. The number of rotatable bonds is 15. The van der Waals surface area contributed by atoms with Crippen LogP contribution in [0.25, 0.3) is 0 Å². The fourth-order valence-electron chi connectivity index (χ4n) is 3.07. The van der Waals surface area contributed by atoms with E-state index in [0.717, 1.165) is 38.5 Å². The lowest BCUT2D eigenvalue weighted by Gasteiger charge is -2.24. The number of anilines is 1. The van der Waals surface area contributed by atoms with Crippen molar-refractivity contribution in [1.82, 2.24) is 0 Å². The second-order valence-electron chi connectivity index (χ2n) is 6.74. The lowest BCUT2D eigenvalue weighted by molar-refractivity contribution is -0.697. The number of unbranched alkanes of at least 4 members (excludes halogenated alkanes) is 3. The van der Waals surface area contributed by atoms with Gasteiger partial charge in [0, 0.05) is 64.7 Å². The number of aryl methyl sites for hydroxylation is 1. The summed E-state index contributed by atoms with van der Waals surface area (Å²) in [5.74, 6) is 0. The topological polar surface area (TPSA) is 34.8 Å². The highest BCUT2D eigenvalue weighted by Crippen LogP contribution is 2.17. The van der Waals surface area contributed by atoms with Gasteiger partial charge in [0.15, 0.2) is 12.4 Å². The summed E-state index contributed by atoms with van der Waals surface area (Å²) in [5, 5.41) is 0. The summed E-state index contributed by atoms with van der Waals surface area (Å²) in [4.78, 5) is 2.52. The molecule has 0 aliphatic heterocycles. The SMILES string of the molecule is CCCCN(CCCC)c1cc[n+](CCCC[Si](OC)(OC)OC)cc1. The van der Waals surface area contributed by atoms with Gasteiger partial charge < -0.3 is 18.2 Å². The second-order valence-corrected chi connectivity index (χ2v) is 9.83. The molecule has 5 nitrogen and oxygen atoms in total. The van der Waals surface area contributed by atoms with Crippen LogP contribution in [0.5, 0.6) is 0 Å². The number of pyridine rings is 1. The van der Waals surface area contributed by atoms with Crippen LogP contribution in [0.15, 0.2) is 24.5 Å². The van der Waals surface area contributed by atoms with E-state index in [2.05, 4.69) is 47.8 Å². The van der Waals surface area contributed by atoms with Crippen LogP contribution in [0.2, 0.25) is 6.04 Å².